The molecular formula is C18H23NO. The third-order valence-electron chi connectivity index (χ3n) is 3.44. The average Bonchev–Trinajstić information content (AvgIpc) is 2.41. The van der Waals surface area contributed by atoms with Crippen molar-refractivity contribution >= 4 is 0 Å². The first-order valence-corrected chi connectivity index (χ1v) is 7.15. The van der Waals surface area contributed by atoms with E-state index < -0.39 is 0 Å². The Kier molecular flexibility index (Phi) is 4.80. The van der Waals surface area contributed by atoms with Crippen LogP contribution >= 0.6 is 0 Å². The van der Waals surface area contributed by atoms with Gasteiger partial charge in [-0.05, 0) is 62.2 Å². The second-order valence-corrected chi connectivity index (χ2v) is 5.24. The quantitative estimate of drug-likeness (QED) is 0.862. The van der Waals surface area contributed by atoms with E-state index >= 15 is 0 Å². The Morgan fingerprint density at radius 2 is 1.75 bits per heavy atom. The van der Waals surface area contributed by atoms with E-state index in [1.165, 1.54) is 22.3 Å². The minimum atomic E-state index is 0.898. The summed E-state index contributed by atoms with van der Waals surface area (Å²) in [5.74, 6) is 1.82. The number of benzene rings is 2. The van der Waals surface area contributed by atoms with Crippen LogP contribution in [0.4, 0.5) is 0 Å². The molecule has 0 saturated heterocycles. The first-order chi connectivity index (χ1) is 9.60. The summed E-state index contributed by atoms with van der Waals surface area (Å²) in [7, 11) is 0. The number of hydrogen-bond acceptors (Lipinski definition) is 2. The lowest BCUT2D eigenvalue weighted by molar-refractivity contribution is 0.478. The van der Waals surface area contributed by atoms with E-state index in [1.807, 2.05) is 12.1 Å². The summed E-state index contributed by atoms with van der Waals surface area (Å²) in [4.78, 5) is 0. The van der Waals surface area contributed by atoms with Crippen LogP contribution < -0.4 is 10.1 Å². The van der Waals surface area contributed by atoms with Crippen LogP contribution in [-0.2, 0) is 6.54 Å². The molecule has 0 amide bonds. The summed E-state index contributed by atoms with van der Waals surface area (Å²) in [6, 6.07) is 12.5. The van der Waals surface area contributed by atoms with E-state index in [1.54, 1.807) is 0 Å². The molecule has 106 valence electrons. The van der Waals surface area contributed by atoms with Gasteiger partial charge in [0.25, 0.3) is 0 Å². The zero-order chi connectivity index (χ0) is 14.5. The highest BCUT2D eigenvalue weighted by Gasteiger charge is 2.04. The molecule has 0 aliphatic heterocycles. The fourth-order valence-electron chi connectivity index (χ4n) is 2.23. The van der Waals surface area contributed by atoms with Crippen molar-refractivity contribution in [1.29, 1.82) is 0 Å². The zero-order valence-corrected chi connectivity index (χ0v) is 12.8. The van der Waals surface area contributed by atoms with Gasteiger partial charge >= 0.3 is 0 Å². The Morgan fingerprint density at radius 1 is 0.950 bits per heavy atom. The molecule has 0 bridgehead atoms. The van der Waals surface area contributed by atoms with Gasteiger partial charge in [-0.25, -0.2) is 0 Å². The molecule has 1 N–H and O–H groups in total. The lowest BCUT2D eigenvalue weighted by Crippen LogP contribution is -2.12. The predicted molar refractivity (Wildman–Crippen MR) is 84.5 cm³/mol. The molecule has 0 atom stereocenters. The van der Waals surface area contributed by atoms with E-state index in [2.05, 4.69) is 57.3 Å². The van der Waals surface area contributed by atoms with Crippen LogP contribution in [0.2, 0.25) is 0 Å². The molecule has 2 aromatic carbocycles. The smallest absolute Gasteiger partial charge is 0.130 e. The first kappa shape index (κ1) is 14.6. The topological polar surface area (TPSA) is 21.3 Å². The number of nitrogens with one attached hydrogen (secondary N) is 1. The van der Waals surface area contributed by atoms with Crippen molar-refractivity contribution in [1.82, 2.24) is 5.32 Å². The van der Waals surface area contributed by atoms with Gasteiger partial charge in [0, 0.05) is 6.54 Å². The van der Waals surface area contributed by atoms with Gasteiger partial charge in [-0.1, -0.05) is 30.7 Å². The Morgan fingerprint density at radius 3 is 2.40 bits per heavy atom. The highest BCUT2D eigenvalue weighted by molar-refractivity contribution is 5.41. The number of rotatable bonds is 5. The zero-order valence-electron chi connectivity index (χ0n) is 12.8. The molecule has 0 aromatic heterocycles. The Hall–Kier alpha value is -1.80. The minimum Gasteiger partial charge on any atom is -0.457 e. The lowest BCUT2D eigenvalue weighted by Gasteiger charge is -2.12. The van der Waals surface area contributed by atoms with Crippen molar-refractivity contribution < 1.29 is 4.74 Å². The SMILES string of the molecule is CCNCc1ccc(Oc2ccc(C)cc2C)cc1C. The standard InChI is InChI=1S/C18H23NO/c1-5-19-12-16-7-8-17(11-14(16)3)20-18-9-6-13(2)10-15(18)4/h6-11,19H,5,12H2,1-4H3. The van der Waals surface area contributed by atoms with Gasteiger partial charge in [0.05, 0.1) is 0 Å². The Balaban J connectivity index is 2.15. The minimum absolute atomic E-state index is 0.898. The average molecular weight is 269 g/mol. The molecule has 2 heteroatoms. The molecule has 0 heterocycles. The van der Waals surface area contributed by atoms with Gasteiger partial charge in [-0.15, -0.1) is 0 Å². The Bertz CT molecular complexity index is 590. The molecule has 2 rings (SSSR count). The fraction of sp³-hybridized carbons (Fsp3) is 0.333. The van der Waals surface area contributed by atoms with Crippen molar-refractivity contribution in [2.24, 2.45) is 0 Å². The van der Waals surface area contributed by atoms with Crippen molar-refractivity contribution in [3.63, 3.8) is 0 Å². The summed E-state index contributed by atoms with van der Waals surface area (Å²) in [5.41, 5.74) is 5.00. The van der Waals surface area contributed by atoms with Crippen molar-refractivity contribution in [3.05, 3.63) is 58.7 Å². The molecule has 0 spiro atoms. The number of aryl methyl sites for hydroxylation is 3. The van der Waals surface area contributed by atoms with Crippen molar-refractivity contribution in [2.75, 3.05) is 6.54 Å². The second kappa shape index (κ2) is 6.58. The van der Waals surface area contributed by atoms with Gasteiger partial charge in [0.2, 0.25) is 0 Å². The van der Waals surface area contributed by atoms with Crippen molar-refractivity contribution in [3.8, 4) is 11.5 Å². The summed E-state index contributed by atoms with van der Waals surface area (Å²) in [6.45, 7) is 10.3. The molecule has 0 aliphatic carbocycles. The summed E-state index contributed by atoms with van der Waals surface area (Å²) in [6.07, 6.45) is 0. The predicted octanol–water partition coefficient (Wildman–Crippen LogP) is 4.51. The molecule has 0 aliphatic rings. The molecule has 0 fully saturated rings. The van der Waals surface area contributed by atoms with Gasteiger partial charge < -0.3 is 10.1 Å². The molecule has 2 nitrogen and oxygen atoms in total. The van der Waals surface area contributed by atoms with Crippen LogP contribution in [0.1, 0.15) is 29.2 Å². The normalized spacial score (nSPS) is 10.6. The summed E-state index contributed by atoms with van der Waals surface area (Å²) < 4.78 is 5.98. The molecular weight excluding hydrogens is 246 g/mol. The van der Waals surface area contributed by atoms with Gasteiger partial charge in [0.15, 0.2) is 0 Å². The van der Waals surface area contributed by atoms with E-state index in [-0.39, 0.29) is 0 Å². The van der Waals surface area contributed by atoms with Crippen LogP contribution in [-0.4, -0.2) is 6.54 Å². The Labute approximate surface area is 121 Å². The molecule has 0 unspecified atom stereocenters. The maximum absolute atomic E-state index is 5.98. The molecule has 0 radical (unpaired) electrons. The highest BCUT2D eigenvalue weighted by Crippen LogP contribution is 2.27. The summed E-state index contributed by atoms with van der Waals surface area (Å²) >= 11 is 0. The first-order valence-electron chi connectivity index (χ1n) is 7.15. The van der Waals surface area contributed by atoms with Crippen LogP contribution in [0.5, 0.6) is 11.5 Å². The fourth-order valence-corrected chi connectivity index (χ4v) is 2.23. The second-order valence-electron chi connectivity index (χ2n) is 5.24. The monoisotopic (exact) mass is 269 g/mol. The molecule has 2 aromatic rings. The number of hydrogen-bond donors (Lipinski definition) is 1. The van der Waals surface area contributed by atoms with Gasteiger partial charge in [0.1, 0.15) is 11.5 Å². The maximum atomic E-state index is 5.98. The molecule has 20 heavy (non-hydrogen) atoms. The third-order valence-corrected chi connectivity index (χ3v) is 3.44. The van der Waals surface area contributed by atoms with E-state index in [4.69, 9.17) is 4.74 Å². The van der Waals surface area contributed by atoms with Gasteiger partial charge in [-0.2, -0.15) is 0 Å². The van der Waals surface area contributed by atoms with Crippen LogP contribution in [0, 0.1) is 20.8 Å². The van der Waals surface area contributed by atoms with Crippen LogP contribution in [0.3, 0.4) is 0 Å². The van der Waals surface area contributed by atoms with Crippen molar-refractivity contribution in [2.45, 2.75) is 34.2 Å². The molecule has 0 saturated carbocycles. The number of ether oxygens (including phenoxy) is 1. The van der Waals surface area contributed by atoms with E-state index in [0.29, 0.717) is 0 Å². The summed E-state index contributed by atoms with van der Waals surface area (Å²) in [5, 5.41) is 3.35. The van der Waals surface area contributed by atoms with Crippen LogP contribution in [0.15, 0.2) is 36.4 Å². The van der Waals surface area contributed by atoms with E-state index in [9.17, 15) is 0 Å². The van der Waals surface area contributed by atoms with E-state index in [0.717, 1.165) is 24.6 Å². The maximum Gasteiger partial charge on any atom is 0.130 e. The van der Waals surface area contributed by atoms with Crippen LogP contribution in [0.25, 0.3) is 0 Å². The third kappa shape index (κ3) is 3.61. The lowest BCUT2D eigenvalue weighted by atomic mass is 10.1. The van der Waals surface area contributed by atoms with Gasteiger partial charge in [-0.3, -0.25) is 0 Å². The largest absolute Gasteiger partial charge is 0.457 e. The highest BCUT2D eigenvalue weighted by atomic mass is 16.5.